The normalized spacial score (nSPS) is 11.3. The van der Waals surface area contributed by atoms with Gasteiger partial charge in [0.2, 0.25) is 0 Å². The Hall–Kier alpha value is -1.38. The molecule has 0 unspecified atom stereocenters. The molecular formula is C11H8BrClFN3O2S. The maximum Gasteiger partial charge on any atom is 0.265 e. The molecule has 5 nitrogen and oxygen atoms in total. The van der Waals surface area contributed by atoms with Crippen LogP contribution in [0, 0.1) is 5.82 Å². The monoisotopic (exact) mass is 379 g/mol. The van der Waals surface area contributed by atoms with Gasteiger partial charge in [-0.05, 0) is 40.2 Å². The fourth-order valence-electron chi connectivity index (χ4n) is 1.44. The molecule has 0 spiro atoms. The first-order chi connectivity index (χ1) is 9.31. The van der Waals surface area contributed by atoms with Crippen LogP contribution < -0.4 is 10.5 Å². The van der Waals surface area contributed by atoms with Gasteiger partial charge in [0.05, 0.1) is 11.4 Å². The minimum Gasteiger partial charge on any atom is -0.396 e. The van der Waals surface area contributed by atoms with E-state index in [-0.39, 0.29) is 21.0 Å². The van der Waals surface area contributed by atoms with E-state index in [2.05, 4.69) is 25.6 Å². The van der Waals surface area contributed by atoms with E-state index in [9.17, 15) is 12.8 Å². The number of halogens is 3. The zero-order valence-electron chi connectivity index (χ0n) is 9.77. The van der Waals surface area contributed by atoms with Crippen molar-refractivity contribution in [2.75, 3.05) is 10.5 Å². The molecule has 0 radical (unpaired) electrons. The van der Waals surface area contributed by atoms with Crippen LogP contribution in [-0.2, 0) is 10.0 Å². The van der Waals surface area contributed by atoms with E-state index in [4.69, 9.17) is 17.3 Å². The Labute approximate surface area is 128 Å². The van der Waals surface area contributed by atoms with Crippen LogP contribution in [0.3, 0.4) is 0 Å². The van der Waals surface area contributed by atoms with Crippen LogP contribution in [0.5, 0.6) is 0 Å². The number of nitrogens with one attached hydrogen (secondary N) is 1. The molecule has 0 aliphatic rings. The van der Waals surface area contributed by atoms with Crippen LogP contribution >= 0.6 is 27.5 Å². The number of anilines is 2. The molecule has 9 heteroatoms. The highest BCUT2D eigenvalue weighted by molar-refractivity contribution is 9.10. The van der Waals surface area contributed by atoms with Crippen molar-refractivity contribution in [2.45, 2.75) is 4.90 Å². The summed E-state index contributed by atoms with van der Waals surface area (Å²) in [7, 11) is -4.17. The summed E-state index contributed by atoms with van der Waals surface area (Å²) in [6, 6.07) is 5.13. The van der Waals surface area contributed by atoms with E-state index >= 15 is 0 Å². The van der Waals surface area contributed by atoms with Crippen molar-refractivity contribution in [3.63, 3.8) is 0 Å². The number of nitrogens with two attached hydrogens (primary N) is 1. The fraction of sp³-hybridized carbons (Fsp3) is 0. The summed E-state index contributed by atoms with van der Waals surface area (Å²) in [4.78, 5) is 3.23. The lowest BCUT2D eigenvalue weighted by molar-refractivity contribution is 0.573. The Bertz CT molecular complexity index is 770. The number of nitrogens with zero attached hydrogens (tertiary/aromatic N) is 1. The van der Waals surface area contributed by atoms with Crippen molar-refractivity contribution in [2.24, 2.45) is 0 Å². The number of benzene rings is 1. The lowest BCUT2D eigenvalue weighted by Gasteiger charge is -2.11. The van der Waals surface area contributed by atoms with E-state index in [0.717, 1.165) is 12.1 Å². The molecule has 3 N–H and O–H groups in total. The zero-order valence-corrected chi connectivity index (χ0v) is 12.9. The average molecular weight is 381 g/mol. The third kappa shape index (κ3) is 3.02. The van der Waals surface area contributed by atoms with Gasteiger partial charge in [0, 0.05) is 11.2 Å². The lowest BCUT2D eigenvalue weighted by atomic mass is 10.3. The highest BCUT2D eigenvalue weighted by Crippen LogP contribution is 2.28. The van der Waals surface area contributed by atoms with E-state index in [0.29, 0.717) is 0 Å². The molecule has 1 aromatic heterocycles. The Morgan fingerprint density at radius 3 is 2.75 bits per heavy atom. The van der Waals surface area contributed by atoms with Gasteiger partial charge in [-0.2, -0.15) is 0 Å². The smallest absolute Gasteiger partial charge is 0.265 e. The molecule has 2 aromatic rings. The SMILES string of the molecule is Nc1cc(Cl)cc(S(=O)(=O)Nc2cccnc2Br)c1F. The number of nitrogen functional groups attached to an aromatic ring is 1. The molecule has 0 aliphatic carbocycles. The molecule has 20 heavy (non-hydrogen) atoms. The van der Waals surface area contributed by atoms with Gasteiger partial charge in [-0.1, -0.05) is 11.6 Å². The van der Waals surface area contributed by atoms with E-state index in [1.165, 1.54) is 18.3 Å². The maximum atomic E-state index is 13.9. The second kappa shape index (κ2) is 5.55. The number of pyridine rings is 1. The van der Waals surface area contributed by atoms with E-state index in [1.54, 1.807) is 0 Å². The summed E-state index contributed by atoms with van der Waals surface area (Å²) in [5, 5.41) is 0.0227. The third-order valence-electron chi connectivity index (χ3n) is 2.33. The van der Waals surface area contributed by atoms with Gasteiger partial charge in [-0.25, -0.2) is 17.8 Å². The van der Waals surface area contributed by atoms with Crippen LogP contribution in [-0.4, -0.2) is 13.4 Å². The van der Waals surface area contributed by atoms with Gasteiger partial charge in [0.1, 0.15) is 9.50 Å². The summed E-state index contributed by atoms with van der Waals surface area (Å²) >= 11 is 8.79. The lowest BCUT2D eigenvalue weighted by Crippen LogP contribution is -2.16. The largest absolute Gasteiger partial charge is 0.396 e. The van der Waals surface area contributed by atoms with Crippen molar-refractivity contribution >= 4 is 48.9 Å². The van der Waals surface area contributed by atoms with Gasteiger partial charge in [-0.3, -0.25) is 4.72 Å². The molecule has 1 aromatic carbocycles. The fourth-order valence-corrected chi connectivity index (χ4v) is 3.41. The molecule has 0 fully saturated rings. The standard InChI is InChI=1S/C11H8BrClFN3O2S/c12-11-8(2-1-3-16-11)17-20(18,19)9-5-6(13)4-7(15)10(9)14/h1-5,17H,15H2. The van der Waals surface area contributed by atoms with Crippen LogP contribution in [0.25, 0.3) is 0 Å². The zero-order chi connectivity index (χ0) is 14.9. The van der Waals surface area contributed by atoms with Crippen LogP contribution in [0.1, 0.15) is 0 Å². The number of rotatable bonds is 3. The average Bonchev–Trinajstić information content (AvgIpc) is 2.36. The molecule has 0 amide bonds. The number of hydrogen-bond acceptors (Lipinski definition) is 4. The summed E-state index contributed by atoms with van der Waals surface area (Å²) in [5.74, 6) is -1.05. The second-order valence-electron chi connectivity index (χ2n) is 3.75. The summed E-state index contributed by atoms with van der Waals surface area (Å²) in [5.41, 5.74) is 5.20. The van der Waals surface area contributed by atoms with Crippen molar-refractivity contribution in [3.8, 4) is 0 Å². The molecule has 1 heterocycles. The third-order valence-corrected chi connectivity index (χ3v) is 4.54. The molecule has 0 atom stereocenters. The number of hydrogen-bond donors (Lipinski definition) is 2. The first-order valence-corrected chi connectivity index (χ1v) is 7.84. The number of aromatic nitrogens is 1. The summed E-state index contributed by atoms with van der Waals surface area (Å²) in [6.45, 7) is 0. The van der Waals surface area contributed by atoms with Crippen molar-refractivity contribution in [3.05, 3.63) is 45.9 Å². The molecular weight excluding hydrogens is 373 g/mol. The van der Waals surface area contributed by atoms with E-state index in [1.807, 2.05) is 0 Å². The highest BCUT2D eigenvalue weighted by Gasteiger charge is 2.22. The minimum atomic E-state index is -4.17. The van der Waals surface area contributed by atoms with Crippen molar-refractivity contribution in [1.29, 1.82) is 0 Å². The summed E-state index contributed by atoms with van der Waals surface area (Å²) < 4.78 is 40.7. The predicted octanol–water partition coefficient (Wildman–Crippen LogP) is 3.02. The Kier molecular flexibility index (Phi) is 4.17. The molecule has 0 saturated heterocycles. The molecule has 106 valence electrons. The van der Waals surface area contributed by atoms with E-state index < -0.39 is 20.7 Å². The quantitative estimate of drug-likeness (QED) is 0.633. The number of sulfonamides is 1. The van der Waals surface area contributed by atoms with Gasteiger partial charge >= 0.3 is 0 Å². The molecule has 0 bridgehead atoms. The molecule has 0 saturated carbocycles. The van der Waals surface area contributed by atoms with Gasteiger partial charge in [0.15, 0.2) is 5.82 Å². The van der Waals surface area contributed by atoms with Crippen molar-refractivity contribution in [1.82, 2.24) is 4.98 Å². The first-order valence-electron chi connectivity index (χ1n) is 5.19. The minimum absolute atomic E-state index is 0.0227. The van der Waals surface area contributed by atoms with Gasteiger partial charge < -0.3 is 5.73 Å². The topological polar surface area (TPSA) is 85.1 Å². The first kappa shape index (κ1) is 15.0. The van der Waals surface area contributed by atoms with Gasteiger partial charge in [0.25, 0.3) is 10.0 Å². The maximum absolute atomic E-state index is 13.9. The predicted molar refractivity (Wildman–Crippen MR) is 78.6 cm³/mol. The van der Waals surface area contributed by atoms with Crippen LogP contribution in [0.15, 0.2) is 40.0 Å². The molecule has 0 aliphatic heterocycles. The Balaban J connectivity index is 2.49. The van der Waals surface area contributed by atoms with Crippen LogP contribution in [0.2, 0.25) is 5.02 Å². The van der Waals surface area contributed by atoms with Crippen LogP contribution in [0.4, 0.5) is 15.8 Å². The Morgan fingerprint density at radius 1 is 1.40 bits per heavy atom. The highest BCUT2D eigenvalue weighted by atomic mass is 79.9. The van der Waals surface area contributed by atoms with Crippen molar-refractivity contribution < 1.29 is 12.8 Å². The molecule has 2 rings (SSSR count). The second-order valence-corrected chi connectivity index (χ2v) is 6.59. The summed E-state index contributed by atoms with van der Waals surface area (Å²) in [6.07, 6.45) is 1.47. The Morgan fingerprint density at radius 2 is 2.10 bits per heavy atom. The van der Waals surface area contributed by atoms with Gasteiger partial charge in [-0.15, -0.1) is 0 Å².